The Morgan fingerprint density at radius 2 is 1.96 bits per heavy atom. The smallest absolute Gasteiger partial charge is 0.318 e. The van der Waals surface area contributed by atoms with E-state index in [4.69, 9.17) is 4.74 Å². The van der Waals surface area contributed by atoms with Crippen molar-refractivity contribution < 1.29 is 19.1 Å². The maximum Gasteiger partial charge on any atom is 0.318 e. The van der Waals surface area contributed by atoms with Crippen LogP contribution in [0, 0.1) is 5.92 Å². The summed E-state index contributed by atoms with van der Waals surface area (Å²) in [6, 6.07) is 9.63. The van der Waals surface area contributed by atoms with Crippen LogP contribution < -0.4 is 5.32 Å². The number of esters is 1. The lowest BCUT2D eigenvalue weighted by Crippen LogP contribution is -2.50. The first-order chi connectivity index (χ1) is 11.0. The van der Waals surface area contributed by atoms with E-state index in [0.29, 0.717) is 19.4 Å². The Balaban J connectivity index is 1.99. The predicted molar refractivity (Wildman–Crippen MR) is 85.7 cm³/mol. The van der Waals surface area contributed by atoms with Gasteiger partial charge in [0.15, 0.2) is 5.78 Å². The van der Waals surface area contributed by atoms with Crippen LogP contribution in [-0.2, 0) is 25.5 Å². The first kappa shape index (κ1) is 17.2. The normalized spacial score (nSPS) is 23.7. The predicted octanol–water partition coefficient (Wildman–Crippen LogP) is 2.04. The number of ether oxygens (including phenoxy) is 1. The lowest BCUT2D eigenvalue weighted by Gasteiger charge is -2.20. The fraction of sp³-hybridized carbons (Fsp3) is 0.500. The molecule has 0 spiro atoms. The van der Waals surface area contributed by atoms with Gasteiger partial charge in [0.05, 0.1) is 0 Å². The van der Waals surface area contributed by atoms with Crippen LogP contribution in [-0.4, -0.2) is 29.8 Å². The quantitative estimate of drug-likeness (QED) is 0.474. The molecule has 2 unspecified atom stereocenters. The molecule has 23 heavy (non-hydrogen) atoms. The molecule has 2 rings (SSSR count). The second-order valence-corrected chi connectivity index (χ2v) is 6.00. The number of unbranched alkanes of at least 4 members (excludes halogenated alkanes) is 1. The summed E-state index contributed by atoms with van der Waals surface area (Å²) in [6.45, 7) is 3.87. The summed E-state index contributed by atoms with van der Waals surface area (Å²) in [6.07, 6.45) is 2.71. The number of hydrogen-bond acceptors (Lipinski definition) is 4. The lowest BCUT2D eigenvalue weighted by atomic mass is 9.89. The van der Waals surface area contributed by atoms with Crippen LogP contribution >= 0.6 is 0 Å². The molecule has 1 saturated heterocycles. The molecule has 0 radical (unpaired) electrons. The molecule has 1 aromatic rings. The van der Waals surface area contributed by atoms with Gasteiger partial charge in [-0.3, -0.25) is 14.4 Å². The Bertz CT molecular complexity index is 584. The molecule has 1 amide bonds. The molecule has 1 N–H and O–H groups in total. The van der Waals surface area contributed by atoms with Gasteiger partial charge in [-0.05, 0) is 31.7 Å². The van der Waals surface area contributed by atoms with Crippen LogP contribution in [0.5, 0.6) is 0 Å². The van der Waals surface area contributed by atoms with Crippen molar-refractivity contribution in [1.29, 1.82) is 0 Å². The zero-order valence-corrected chi connectivity index (χ0v) is 13.6. The highest BCUT2D eigenvalue weighted by atomic mass is 16.6. The summed E-state index contributed by atoms with van der Waals surface area (Å²) >= 11 is 0. The van der Waals surface area contributed by atoms with Crippen molar-refractivity contribution >= 4 is 17.7 Å². The number of aryl methyl sites for hydroxylation is 1. The Morgan fingerprint density at radius 1 is 1.26 bits per heavy atom. The topological polar surface area (TPSA) is 72.5 Å². The zero-order valence-electron chi connectivity index (χ0n) is 13.6. The highest BCUT2D eigenvalue weighted by Crippen LogP contribution is 2.30. The Morgan fingerprint density at radius 3 is 2.61 bits per heavy atom. The molecule has 0 saturated carbocycles. The number of benzene rings is 1. The summed E-state index contributed by atoms with van der Waals surface area (Å²) in [4.78, 5) is 36.8. The molecule has 0 bridgehead atoms. The van der Waals surface area contributed by atoms with Gasteiger partial charge < -0.3 is 10.1 Å². The molecular formula is C18H23NO4. The third-order valence-corrected chi connectivity index (χ3v) is 4.19. The number of carbonyl (C=O) groups is 3. The second-order valence-electron chi connectivity index (χ2n) is 6.00. The maximum atomic E-state index is 12.5. The van der Waals surface area contributed by atoms with Gasteiger partial charge in [-0.2, -0.15) is 0 Å². The largest absolute Gasteiger partial charge is 0.440 e. The van der Waals surface area contributed by atoms with Gasteiger partial charge >= 0.3 is 5.97 Å². The first-order valence-electron chi connectivity index (χ1n) is 8.08. The van der Waals surface area contributed by atoms with E-state index in [2.05, 4.69) is 5.32 Å². The maximum absolute atomic E-state index is 12.5. The SMILES string of the molecule is CCCCNC(=O)C1(C)OC(=O)C(CCc2ccccc2)C1=O. The van der Waals surface area contributed by atoms with E-state index in [0.717, 1.165) is 18.4 Å². The van der Waals surface area contributed by atoms with Crippen LogP contribution in [0.1, 0.15) is 38.7 Å². The van der Waals surface area contributed by atoms with Crippen molar-refractivity contribution in [3.63, 3.8) is 0 Å². The molecule has 1 aliphatic rings. The van der Waals surface area contributed by atoms with E-state index >= 15 is 0 Å². The van der Waals surface area contributed by atoms with Gasteiger partial charge in [0.25, 0.3) is 5.91 Å². The zero-order chi connectivity index (χ0) is 16.9. The third kappa shape index (κ3) is 3.78. The molecule has 0 aliphatic carbocycles. The first-order valence-corrected chi connectivity index (χ1v) is 8.08. The average molecular weight is 317 g/mol. The average Bonchev–Trinajstić information content (AvgIpc) is 2.77. The summed E-state index contributed by atoms with van der Waals surface area (Å²) in [5.41, 5.74) is -0.638. The highest BCUT2D eigenvalue weighted by molar-refractivity contribution is 6.20. The van der Waals surface area contributed by atoms with Crippen LogP contribution in [0.3, 0.4) is 0 Å². The van der Waals surface area contributed by atoms with E-state index < -0.39 is 29.2 Å². The number of ketones is 1. The number of Topliss-reactive ketones (excluding diaryl/α,β-unsaturated/α-hetero) is 1. The number of amides is 1. The summed E-state index contributed by atoms with van der Waals surface area (Å²) in [5.74, 6) is -2.42. The van der Waals surface area contributed by atoms with Crippen LogP contribution in [0.25, 0.3) is 0 Å². The Hall–Kier alpha value is -2.17. The summed E-state index contributed by atoms with van der Waals surface area (Å²) in [5, 5.41) is 2.67. The molecule has 5 nitrogen and oxygen atoms in total. The van der Waals surface area contributed by atoms with Crippen LogP contribution in [0.2, 0.25) is 0 Å². The van der Waals surface area contributed by atoms with E-state index in [-0.39, 0.29) is 0 Å². The van der Waals surface area contributed by atoms with Gasteiger partial charge in [-0.1, -0.05) is 43.7 Å². The molecule has 0 aromatic heterocycles. The monoisotopic (exact) mass is 317 g/mol. The number of nitrogens with one attached hydrogen (secondary N) is 1. The molecule has 1 fully saturated rings. The molecule has 5 heteroatoms. The van der Waals surface area contributed by atoms with Crippen molar-refractivity contribution in [2.75, 3.05) is 6.54 Å². The third-order valence-electron chi connectivity index (χ3n) is 4.19. The van der Waals surface area contributed by atoms with Gasteiger partial charge in [0.1, 0.15) is 5.92 Å². The minimum Gasteiger partial charge on any atom is -0.440 e. The van der Waals surface area contributed by atoms with E-state index in [1.807, 2.05) is 37.3 Å². The van der Waals surface area contributed by atoms with Gasteiger partial charge in [-0.15, -0.1) is 0 Å². The highest BCUT2D eigenvalue weighted by Gasteiger charge is 2.56. The summed E-state index contributed by atoms with van der Waals surface area (Å²) < 4.78 is 5.15. The van der Waals surface area contributed by atoms with E-state index in [1.165, 1.54) is 6.92 Å². The minimum absolute atomic E-state index is 0.361. The van der Waals surface area contributed by atoms with Crippen molar-refractivity contribution in [1.82, 2.24) is 5.32 Å². The van der Waals surface area contributed by atoms with Crippen LogP contribution in [0.4, 0.5) is 0 Å². The van der Waals surface area contributed by atoms with E-state index in [9.17, 15) is 14.4 Å². The standard InChI is InChI=1S/C18H23NO4/c1-3-4-12-19-17(22)18(2)15(20)14(16(21)23-18)11-10-13-8-6-5-7-9-13/h5-9,14H,3-4,10-12H2,1-2H3,(H,19,22). The van der Waals surface area contributed by atoms with Crippen molar-refractivity contribution in [2.24, 2.45) is 5.92 Å². The number of cyclic esters (lactones) is 1. The minimum atomic E-state index is -1.69. The molecule has 124 valence electrons. The lowest BCUT2D eigenvalue weighted by molar-refractivity contribution is -0.160. The molecule has 1 aliphatic heterocycles. The van der Waals surface area contributed by atoms with Crippen LogP contribution in [0.15, 0.2) is 30.3 Å². The number of rotatable bonds is 7. The molecule has 2 atom stereocenters. The Labute approximate surface area is 136 Å². The van der Waals surface area contributed by atoms with Crippen molar-refractivity contribution in [3.05, 3.63) is 35.9 Å². The Kier molecular flexibility index (Phi) is 5.53. The fourth-order valence-electron chi connectivity index (χ4n) is 2.67. The second kappa shape index (κ2) is 7.40. The number of hydrogen-bond donors (Lipinski definition) is 1. The molecule has 1 heterocycles. The van der Waals surface area contributed by atoms with Gasteiger partial charge in [-0.25, -0.2) is 0 Å². The van der Waals surface area contributed by atoms with Gasteiger partial charge in [0, 0.05) is 6.54 Å². The number of carbonyl (C=O) groups excluding carboxylic acids is 3. The fourth-order valence-corrected chi connectivity index (χ4v) is 2.67. The summed E-state index contributed by atoms with van der Waals surface area (Å²) in [7, 11) is 0. The van der Waals surface area contributed by atoms with Crippen molar-refractivity contribution in [3.8, 4) is 0 Å². The van der Waals surface area contributed by atoms with Crippen molar-refractivity contribution in [2.45, 2.75) is 45.1 Å². The van der Waals surface area contributed by atoms with Gasteiger partial charge in [0.2, 0.25) is 5.60 Å². The molecule has 1 aromatic carbocycles. The molecular weight excluding hydrogens is 294 g/mol. The van der Waals surface area contributed by atoms with E-state index in [1.54, 1.807) is 0 Å².